The van der Waals surface area contributed by atoms with Crippen LogP contribution in [-0.4, -0.2) is 0 Å². The van der Waals surface area contributed by atoms with Gasteiger partial charge in [-0.15, -0.1) is 0 Å². The van der Waals surface area contributed by atoms with Gasteiger partial charge in [0.1, 0.15) is 5.76 Å². The topological polar surface area (TPSA) is 13.1 Å². The van der Waals surface area contributed by atoms with Crippen LogP contribution in [0.15, 0.2) is 16.7 Å². The molecule has 1 nitrogen and oxygen atoms in total. The van der Waals surface area contributed by atoms with Crippen molar-refractivity contribution in [3.63, 3.8) is 0 Å². The summed E-state index contributed by atoms with van der Waals surface area (Å²) in [6.45, 7) is 14.4. The molecule has 0 aliphatic carbocycles. The molecule has 0 amide bonds. The Balaban J connectivity index is 0. The van der Waals surface area contributed by atoms with Crippen LogP contribution in [0, 0.1) is 19.8 Å². The smallest absolute Gasteiger partial charge is 0.100 e. The van der Waals surface area contributed by atoms with Crippen molar-refractivity contribution in [2.24, 2.45) is 5.92 Å². The molecular weight excluding hydrogens is 160 g/mol. The third kappa shape index (κ3) is 14.2. The van der Waals surface area contributed by atoms with Gasteiger partial charge in [0.15, 0.2) is 0 Å². The molecule has 0 spiro atoms. The fourth-order valence-electron chi connectivity index (χ4n) is 0.575. The minimum absolute atomic E-state index is 0.833. The van der Waals surface area contributed by atoms with E-state index in [1.165, 1.54) is 5.56 Å². The first-order chi connectivity index (χ1) is 6.02. The quantitative estimate of drug-likeness (QED) is 0.575. The Labute approximate surface area is 83.2 Å². The molecule has 0 aromatic carbocycles. The highest BCUT2D eigenvalue weighted by Crippen LogP contribution is 2.02. The average Bonchev–Trinajstić information content (AvgIpc) is 2.38. The molecule has 0 aliphatic rings. The second-order valence-corrected chi connectivity index (χ2v) is 3.47. The van der Waals surface area contributed by atoms with Crippen molar-refractivity contribution >= 4 is 0 Å². The summed E-state index contributed by atoms with van der Waals surface area (Å²) in [5.74, 6) is 1.82. The molecule has 0 atom stereocenters. The zero-order chi connectivity index (χ0) is 10.9. The van der Waals surface area contributed by atoms with E-state index in [-0.39, 0.29) is 0 Å². The third-order valence-electron chi connectivity index (χ3n) is 0.862. The van der Waals surface area contributed by atoms with Crippen molar-refractivity contribution in [1.29, 1.82) is 0 Å². The first-order valence-corrected chi connectivity index (χ1v) is 5.04. The molecule has 1 heterocycles. The van der Waals surface area contributed by atoms with Gasteiger partial charge in [0, 0.05) is 0 Å². The molecule has 0 saturated carbocycles. The summed E-state index contributed by atoms with van der Waals surface area (Å²) in [6.07, 6.45) is 1.75. The zero-order valence-electron chi connectivity index (χ0n) is 10.1. The Bertz CT molecular complexity index is 168. The Morgan fingerprint density at radius 1 is 1.08 bits per heavy atom. The highest BCUT2D eigenvalue weighted by atomic mass is 16.3. The van der Waals surface area contributed by atoms with Crippen LogP contribution in [0.3, 0.4) is 0 Å². The molecule has 0 N–H and O–H groups in total. The number of furan rings is 1. The summed E-state index contributed by atoms with van der Waals surface area (Å²) in [6, 6.07) is 2.00. The van der Waals surface area contributed by atoms with Crippen molar-refractivity contribution in [3.8, 4) is 0 Å². The fourth-order valence-corrected chi connectivity index (χ4v) is 0.575. The Kier molecular flexibility index (Phi) is 10.7. The van der Waals surface area contributed by atoms with Gasteiger partial charge in [0.2, 0.25) is 0 Å². The Hall–Kier alpha value is -0.720. The van der Waals surface area contributed by atoms with Gasteiger partial charge in [-0.05, 0) is 31.4 Å². The molecule has 0 radical (unpaired) electrons. The zero-order valence-corrected chi connectivity index (χ0v) is 10.1. The summed E-state index contributed by atoms with van der Waals surface area (Å²) in [5.41, 5.74) is 1.19. The van der Waals surface area contributed by atoms with Crippen molar-refractivity contribution in [2.45, 2.75) is 48.5 Å². The monoisotopic (exact) mass is 184 g/mol. The van der Waals surface area contributed by atoms with E-state index >= 15 is 0 Å². The van der Waals surface area contributed by atoms with Gasteiger partial charge in [-0.1, -0.05) is 34.6 Å². The van der Waals surface area contributed by atoms with E-state index < -0.39 is 0 Å². The molecule has 0 fully saturated rings. The molecule has 1 heteroatoms. The van der Waals surface area contributed by atoms with Crippen LogP contribution >= 0.6 is 0 Å². The lowest BCUT2D eigenvalue weighted by atomic mass is 10.3. The number of rotatable bonds is 0. The van der Waals surface area contributed by atoms with Gasteiger partial charge in [-0.3, -0.25) is 0 Å². The maximum absolute atomic E-state index is 4.96. The van der Waals surface area contributed by atoms with E-state index in [1.807, 2.05) is 33.8 Å². The molecule has 1 rings (SSSR count). The third-order valence-corrected chi connectivity index (χ3v) is 0.862. The van der Waals surface area contributed by atoms with Gasteiger partial charge in [-0.2, -0.15) is 0 Å². The fraction of sp³-hybridized carbons (Fsp3) is 0.667. The van der Waals surface area contributed by atoms with Gasteiger partial charge in [0.25, 0.3) is 0 Å². The Morgan fingerprint density at radius 2 is 1.46 bits per heavy atom. The van der Waals surface area contributed by atoms with E-state index in [0.717, 1.165) is 11.7 Å². The predicted octanol–water partition coefficient (Wildman–Crippen LogP) is 4.58. The molecular formula is C12H24O. The first-order valence-electron chi connectivity index (χ1n) is 5.04. The highest BCUT2D eigenvalue weighted by molar-refractivity contribution is 5.08. The van der Waals surface area contributed by atoms with Crippen LogP contribution in [0.25, 0.3) is 0 Å². The molecule has 13 heavy (non-hydrogen) atoms. The van der Waals surface area contributed by atoms with Crippen molar-refractivity contribution in [3.05, 3.63) is 23.7 Å². The molecule has 78 valence electrons. The molecule has 0 aliphatic heterocycles. The van der Waals surface area contributed by atoms with E-state index in [1.54, 1.807) is 6.26 Å². The lowest BCUT2D eigenvalue weighted by Gasteiger charge is -1.79. The van der Waals surface area contributed by atoms with Crippen LogP contribution in [0.5, 0.6) is 0 Å². The molecule has 0 bridgehead atoms. The summed E-state index contributed by atoms with van der Waals surface area (Å²) in [7, 11) is 0. The maximum atomic E-state index is 4.96. The standard InChI is InChI=1S/C6H8O.C4H10.C2H6/c1-5-3-6(2)7-4-5;1-4(2)3;1-2/h3-4H,1-2H3;4H,1-3H3;1-2H3. The van der Waals surface area contributed by atoms with Gasteiger partial charge < -0.3 is 4.42 Å². The second-order valence-electron chi connectivity index (χ2n) is 3.47. The minimum atomic E-state index is 0.833. The maximum Gasteiger partial charge on any atom is 0.100 e. The molecule has 0 unspecified atom stereocenters. The lowest BCUT2D eigenvalue weighted by Crippen LogP contribution is -1.66. The van der Waals surface area contributed by atoms with Gasteiger partial charge >= 0.3 is 0 Å². The SMILES string of the molecule is CC.CC(C)C.Cc1coc(C)c1. The van der Waals surface area contributed by atoms with E-state index in [4.69, 9.17) is 4.42 Å². The van der Waals surface area contributed by atoms with Gasteiger partial charge in [0.05, 0.1) is 6.26 Å². The average molecular weight is 184 g/mol. The van der Waals surface area contributed by atoms with Crippen LogP contribution in [-0.2, 0) is 0 Å². The van der Waals surface area contributed by atoms with Crippen molar-refractivity contribution < 1.29 is 4.42 Å². The summed E-state index contributed by atoms with van der Waals surface area (Å²) < 4.78 is 4.96. The van der Waals surface area contributed by atoms with Crippen molar-refractivity contribution in [2.75, 3.05) is 0 Å². The van der Waals surface area contributed by atoms with E-state index in [9.17, 15) is 0 Å². The van der Waals surface area contributed by atoms with Crippen LogP contribution < -0.4 is 0 Å². The molecule has 0 saturated heterocycles. The van der Waals surface area contributed by atoms with E-state index in [0.29, 0.717) is 0 Å². The lowest BCUT2D eigenvalue weighted by molar-refractivity contribution is 0.533. The number of hydrogen-bond acceptors (Lipinski definition) is 1. The highest BCUT2D eigenvalue weighted by Gasteiger charge is 1.85. The molecule has 1 aromatic heterocycles. The largest absolute Gasteiger partial charge is 0.469 e. The van der Waals surface area contributed by atoms with Gasteiger partial charge in [-0.25, -0.2) is 0 Å². The van der Waals surface area contributed by atoms with E-state index in [2.05, 4.69) is 20.8 Å². The molecule has 1 aromatic rings. The van der Waals surface area contributed by atoms with Crippen LogP contribution in [0.4, 0.5) is 0 Å². The predicted molar refractivity (Wildman–Crippen MR) is 60.0 cm³/mol. The summed E-state index contributed by atoms with van der Waals surface area (Å²) >= 11 is 0. The normalized spacial score (nSPS) is 8.31. The van der Waals surface area contributed by atoms with Crippen molar-refractivity contribution in [1.82, 2.24) is 0 Å². The van der Waals surface area contributed by atoms with Crippen LogP contribution in [0.2, 0.25) is 0 Å². The summed E-state index contributed by atoms with van der Waals surface area (Å²) in [5, 5.41) is 0. The summed E-state index contributed by atoms with van der Waals surface area (Å²) in [4.78, 5) is 0. The second kappa shape index (κ2) is 9.37. The first kappa shape index (κ1) is 14.8. The van der Waals surface area contributed by atoms with Crippen LogP contribution in [0.1, 0.15) is 45.9 Å². The number of hydrogen-bond donors (Lipinski definition) is 0. The number of aryl methyl sites for hydroxylation is 2. The Morgan fingerprint density at radius 3 is 1.54 bits per heavy atom. The minimum Gasteiger partial charge on any atom is -0.469 e.